The second-order valence-electron chi connectivity index (χ2n) is 8.41. The highest BCUT2D eigenvalue weighted by molar-refractivity contribution is 6.06. The third-order valence-corrected chi connectivity index (χ3v) is 5.65. The number of carbonyl (C=O) groups is 1. The van der Waals surface area contributed by atoms with E-state index in [1.165, 1.54) is 6.07 Å². The number of nitrogens with one attached hydrogen (secondary N) is 2. The highest BCUT2D eigenvalue weighted by atomic mass is 19.4. The number of aryl methyl sites for hydroxylation is 2. The van der Waals surface area contributed by atoms with Crippen LogP contribution in [0.1, 0.15) is 46.6 Å². The number of amides is 1. The van der Waals surface area contributed by atoms with E-state index in [1.54, 1.807) is 24.3 Å². The van der Waals surface area contributed by atoms with Crippen molar-refractivity contribution in [2.24, 2.45) is 0 Å². The van der Waals surface area contributed by atoms with Gasteiger partial charge in [-0.3, -0.25) is 4.79 Å². The zero-order chi connectivity index (χ0) is 24.3. The lowest BCUT2D eigenvalue weighted by atomic mass is 10.1. The summed E-state index contributed by atoms with van der Waals surface area (Å²) in [5, 5.41) is 5.79. The number of anilines is 4. The standard InChI is InChI=1S/C25H26F3N5O/c1-16-14-17(2)30-24(29-16)31-20-9-6-18(7-10-20)23(34)32-21-15-19(25(26,27)28)8-11-22(21)33-12-4-3-5-13-33/h6-11,14-15H,3-5,12-13H2,1-2H3,(H,32,34)(H,29,30,31). The Balaban J connectivity index is 1.54. The number of aromatic nitrogens is 2. The van der Waals surface area contributed by atoms with Gasteiger partial charge >= 0.3 is 6.18 Å². The van der Waals surface area contributed by atoms with Crippen molar-refractivity contribution in [3.05, 3.63) is 71.0 Å². The highest BCUT2D eigenvalue weighted by Crippen LogP contribution is 2.36. The van der Waals surface area contributed by atoms with Crippen molar-refractivity contribution in [3.8, 4) is 0 Å². The molecular formula is C25H26F3N5O. The minimum atomic E-state index is -4.50. The molecule has 1 aromatic heterocycles. The Labute approximate surface area is 196 Å². The SMILES string of the molecule is Cc1cc(C)nc(Nc2ccc(C(=O)Nc3cc(C(F)(F)F)ccc3N3CCCCC3)cc2)n1. The Bertz CT molecular complexity index is 1150. The van der Waals surface area contributed by atoms with Gasteiger partial charge in [0.05, 0.1) is 16.9 Å². The quantitative estimate of drug-likeness (QED) is 0.473. The van der Waals surface area contributed by atoms with Gasteiger partial charge in [-0.25, -0.2) is 9.97 Å². The summed E-state index contributed by atoms with van der Waals surface area (Å²) in [6.45, 7) is 5.24. The van der Waals surface area contributed by atoms with Gasteiger partial charge in [0.2, 0.25) is 5.95 Å². The molecule has 2 N–H and O–H groups in total. The van der Waals surface area contributed by atoms with Crippen LogP contribution in [0.5, 0.6) is 0 Å². The number of halogens is 3. The molecule has 2 aromatic carbocycles. The number of rotatable bonds is 5. The van der Waals surface area contributed by atoms with Crippen LogP contribution >= 0.6 is 0 Å². The van der Waals surface area contributed by atoms with E-state index in [2.05, 4.69) is 20.6 Å². The van der Waals surface area contributed by atoms with Crippen LogP contribution in [0.15, 0.2) is 48.5 Å². The molecule has 0 unspecified atom stereocenters. The molecule has 1 amide bonds. The maximum absolute atomic E-state index is 13.3. The first kappa shape index (κ1) is 23.5. The molecule has 0 atom stereocenters. The van der Waals surface area contributed by atoms with E-state index in [0.717, 1.165) is 55.9 Å². The minimum absolute atomic E-state index is 0.160. The van der Waals surface area contributed by atoms with Gasteiger partial charge in [0, 0.05) is 35.7 Å². The van der Waals surface area contributed by atoms with Crippen LogP contribution in [-0.4, -0.2) is 29.0 Å². The molecule has 0 radical (unpaired) electrons. The Morgan fingerprint density at radius 1 is 0.912 bits per heavy atom. The topological polar surface area (TPSA) is 70.2 Å². The van der Waals surface area contributed by atoms with Gasteiger partial charge in [0.25, 0.3) is 5.91 Å². The molecule has 178 valence electrons. The molecule has 6 nitrogen and oxygen atoms in total. The van der Waals surface area contributed by atoms with Crippen molar-refractivity contribution >= 4 is 28.9 Å². The highest BCUT2D eigenvalue weighted by Gasteiger charge is 2.32. The van der Waals surface area contributed by atoms with E-state index in [1.807, 2.05) is 24.8 Å². The molecule has 0 bridgehead atoms. The van der Waals surface area contributed by atoms with Gasteiger partial charge in [-0.2, -0.15) is 13.2 Å². The number of hydrogen-bond acceptors (Lipinski definition) is 5. The Hall–Kier alpha value is -3.62. The zero-order valence-corrected chi connectivity index (χ0v) is 19.0. The van der Waals surface area contributed by atoms with Gasteiger partial charge in [-0.1, -0.05) is 0 Å². The van der Waals surface area contributed by atoms with Gasteiger partial charge in [0.15, 0.2) is 0 Å². The lowest BCUT2D eigenvalue weighted by molar-refractivity contribution is -0.137. The average molecular weight is 470 g/mol. The molecule has 1 aliphatic rings. The predicted octanol–water partition coefficient (Wildman–Crippen LogP) is 6.10. The van der Waals surface area contributed by atoms with Crippen molar-refractivity contribution in [1.29, 1.82) is 0 Å². The molecule has 4 rings (SSSR count). The molecule has 34 heavy (non-hydrogen) atoms. The molecule has 1 saturated heterocycles. The monoisotopic (exact) mass is 469 g/mol. The summed E-state index contributed by atoms with van der Waals surface area (Å²) >= 11 is 0. The van der Waals surface area contributed by atoms with Crippen molar-refractivity contribution in [2.75, 3.05) is 28.6 Å². The van der Waals surface area contributed by atoms with Crippen LogP contribution in [0.3, 0.4) is 0 Å². The Morgan fingerprint density at radius 3 is 2.18 bits per heavy atom. The van der Waals surface area contributed by atoms with Crippen LogP contribution in [0, 0.1) is 13.8 Å². The fraction of sp³-hybridized carbons (Fsp3) is 0.320. The largest absolute Gasteiger partial charge is 0.416 e. The van der Waals surface area contributed by atoms with E-state index in [9.17, 15) is 18.0 Å². The number of nitrogens with zero attached hydrogens (tertiary/aromatic N) is 3. The fourth-order valence-electron chi connectivity index (χ4n) is 4.03. The third kappa shape index (κ3) is 5.65. The molecule has 9 heteroatoms. The normalized spacial score (nSPS) is 14.1. The van der Waals surface area contributed by atoms with Gasteiger partial charge < -0.3 is 15.5 Å². The second kappa shape index (κ2) is 9.70. The summed E-state index contributed by atoms with van der Waals surface area (Å²) in [5.74, 6) is -0.0309. The first-order valence-electron chi connectivity index (χ1n) is 11.2. The summed E-state index contributed by atoms with van der Waals surface area (Å²) in [4.78, 5) is 23.6. The molecule has 0 spiro atoms. The molecule has 2 heterocycles. The van der Waals surface area contributed by atoms with Crippen molar-refractivity contribution in [3.63, 3.8) is 0 Å². The Morgan fingerprint density at radius 2 is 1.56 bits per heavy atom. The van der Waals surface area contributed by atoms with E-state index < -0.39 is 17.6 Å². The van der Waals surface area contributed by atoms with Gasteiger partial charge in [-0.05, 0) is 81.6 Å². The van der Waals surface area contributed by atoms with Gasteiger partial charge in [-0.15, -0.1) is 0 Å². The molecule has 0 saturated carbocycles. The maximum atomic E-state index is 13.3. The summed E-state index contributed by atoms with van der Waals surface area (Å²) in [6, 6.07) is 12.0. The average Bonchev–Trinajstić information content (AvgIpc) is 2.79. The van der Waals surface area contributed by atoms with E-state index in [-0.39, 0.29) is 5.69 Å². The zero-order valence-electron chi connectivity index (χ0n) is 19.0. The fourth-order valence-corrected chi connectivity index (χ4v) is 4.03. The number of hydrogen-bond donors (Lipinski definition) is 2. The summed E-state index contributed by atoms with van der Waals surface area (Å²) in [5.41, 5.74) is 2.65. The van der Waals surface area contributed by atoms with Crippen molar-refractivity contribution in [2.45, 2.75) is 39.3 Å². The van der Waals surface area contributed by atoms with Crippen LogP contribution < -0.4 is 15.5 Å². The maximum Gasteiger partial charge on any atom is 0.416 e. The van der Waals surface area contributed by atoms with E-state index in [4.69, 9.17) is 0 Å². The van der Waals surface area contributed by atoms with Crippen LogP contribution in [-0.2, 0) is 6.18 Å². The molecule has 3 aromatic rings. The summed E-state index contributed by atoms with van der Waals surface area (Å²) in [7, 11) is 0. The number of benzene rings is 2. The number of alkyl halides is 3. The first-order chi connectivity index (χ1) is 16.2. The smallest absolute Gasteiger partial charge is 0.370 e. The van der Waals surface area contributed by atoms with Gasteiger partial charge in [0.1, 0.15) is 0 Å². The van der Waals surface area contributed by atoms with Crippen LogP contribution in [0.2, 0.25) is 0 Å². The van der Waals surface area contributed by atoms with Crippen molar-refractivity contribution < 1.29 is 18.0 Å². The first-order valence-corrected chi connectivity index (χ1v) is 11.2. The molecule has 0 aliphatic carbocycles. The molecule has 1 fully saturated rings. The second-order valence-corrected chi connectivity index (χ2v) is 8.41. The van der Waals surface area contributed by atoms with E-state index in [0.29, 0.717) is 22.9 Å². The Kier molecular flexibility index (Phi) is 6.72. The molecule has 1 aliphatic heterocycles. The van der Waals surface area contributed by atoms with Crippen LogP contribution in [0.25, 0.3) is 0 Å². The third-order valence-electron chi connectivity index (χ3n) is 5.65. The lowest BCUT2D eigenvalue weighted by Gasteiger charge is -2.31. The molecular weight excluding hydrogens is 443 g/mol. The summed E-state index contributed by atoms with van der Waals surface area (Å²) in [6.07, 6.45) is -1.48. The van der Waals surface area contributed by atoms with E-state index >= 15 is 0 Å². The predicted molar refractivity (Wildman–Crippen MR) is 127 cm³/mol. The number of piperidine rings is 1. The number of carbonyl (C=O) groups excluding carboxylic acids is 1. The lowest BCUT2D eigenvalue weighted by Crippen LogP contribution is -2.30. The summed E-state index contributed by atoms with van der Waals surface area (Å²) < 4.78 is 40.0. The minimum Gasteiger partial charge on any atom is -0.370 e. The van der Waals surface area contributed by atoms with Crippen molar-refractivity contribution in [1.82, 2.24) is 9.97 Å². The van der Waals surface area contributed by atoms with Crippen LogP contribution in [0.4, 0.5) is 36.2 Å².